The lowest BCUT2D eigenvalue weighted by Gasteiger charge is -2.09. The summed E-state index contributed by atoms with van der Waals surface area (Å²) >= 11 is 5.64. The number of nitrogens with one attached hydrogen (secondary N) is 2. The van der Waals surface area contributed by atoms with E-state index in [4.69, 9.17) is 16.7 Å². The molecule has 0 aromatic carbocycles. The molecule has 1 atom stereocenters. The van der Waals surface area contributed by atoms with Crippen LogP contribution in [0, 0.1) is 0 Å². The van der Waals surface area contributed by atoms with Gasteiger partial charge in [0.15, 0.2) is 0 Å². The predicted molar refractivity (Wildman–Crippen MR) is 53.4 cm³/mol. The van der Waals surface area contributed by atoms with E-state index in [1.54, 1.807) is 6.92 Å². The molecule has 0 saturated carbocycles. The first-order valence-electron chi connectivity index (χ1n) is 4.15. The molecule has 1 aromatic heterocycles. The third kappa shape index (κ3) is 2.69. The maximum Gasteiger partial charge on any atom is 0.325 e. The summed E-state index contributed by atoms with van der Waals surface area (Å²) < 4.78 is 0. The second-order valence-corrected chi connectivity index (χ2v) is 3.51. The van der Waals surface area contributed by atoms with Gasteiger partial charge in [-0.1, -0.05) is 18.5 Å². The number of hydrogen-bond donors (Lipinski definition) is 3. The van der Waals surface area contributed by atoms with E-state index in [0.717, 1.165) is 0 Å². The number of aromatic amines is 2. The quantitative estimate of drug-likeness (QED) is 0.697. The Labute approximate surface area is 88.9 Å². The van der Waals surface area contributed by atoms with Crippen LogP contribution in [0.25, 0.3) is 0 Å². The monoisotopic (exact) mass is 232 g/mol. The van der Waals surface area contributed by atoms with Crippen molar-refractivity contribution in [2.75, 3.05) is 0 Å². The van der Waals surface area contributed by atoms with Crippen LogP contribution in [0.2, 0.25) is 5.02 Å². The Morgan fingerprint density at radius 3 is 2.60 bits per heavy atom. The van der Waals surface area contributed by atoms with Gasteiger partial charge in [-0.15, -0.1) is 0 Å². The van der Waals surface area contributed by atoms with E-state index in [1.807, 2.05) is 4.98 Å². The van der Waals surface area contributed by atoms with Crippen molar-refractivity contribution < 1.29 is 9.90 Å². The Hall–Kier alpha value is -1.56. The molecule has 0 bridgehead atoms. The summed E-state index contributed by atoms with van der Waals surface area (Å²) in [7, 11) is 0. The Balaban J connectivity index is 3.19. The highest BCUT2D eigenvalue weighted by Gasteiger charge is 2.16. The zero-order chi connectivity index (χ0) is 11.6. The second-order valence-electron chi connectivity index (χ2n) is 3.13. The van der Waals surface area contributed by atoms with E-state index in [-0.39, 0.29) is 17.1 Å². The van der Waals surface area contributed by atoms with Crippen LogP contribution in [0.3, 0.4) is 0 Å². The number of halogens is 1. The fraction of sp³-hybridized carbons (Fsp3) is 0.375. The highest BCUT2D eigenvalue weighted by Crippen LogP contribution is 2.20. The summed E-state index contributed by atoms with van der Waals surface area (Å²) in [6.45, 7) is 1.56. The van der Waals surface area contributed by atoms with Crippen LogP contribution in [0.4, 0.5) is 0 Å². The minimum Gasteiger partial charge on any atom is -0.481 e. The van der Waals surface area contributed by atoms with E-state index < -0.39 is 23.1 Å². The van der Waals surface area contributed by atoms with Crippen molar-refractivity contribution in [3.8, 4) is 0 Å². The van der Waals surface area contributed by atoms with Crippen molar-refractivity contribution in [3.05, 3.63) is 31.6 Å². The molecule has 1 rings (SSSR count). The molecular formula is C8H9ClN2O4. The highest BCUT2D eigenvalue weighted by molar-refractivity contribution is 6.31. The largest absolute Gasteiger partial charge is 0.481 e. The molecule has 0 spiro atoms. The minimum absolute atomic E-state index is 0.146. The van der Waals surface area contributed by atoms with Gasteiger partial charge in [-0.25, -0.2) is 4.79 Å². The zero-order valence-corrected chi connectivity index (χ0v) is 8.59. The van der Waals surface area contributed by atoms with E-state index in [0.29, 0.717) is 0 Å². The molecule has 1 unspecified atom stereocenters. The Morgan fingerprint density at radius 1 is 1.47 bits per heavy atom. The van der Waals surface area contributed by atoms with Gasteiger partial charge in [0.2, 0.25) is 0 Å². The lowest BCUT2D eigenvalue weighted by atomic mass is 10.0. The standard InChI is InChI=1S/C8H9ClN2O4/c1-3(2-4(12)13)6-5(9)7(14)11-8(15)10-6/h3H,2H2,1H3,(H,12,13)(H2,10,11,14,15). The molecule has 0 aliphatic carbocycles. The second kappa shape index (κ2) is 4.31. The Kier molecular flexibility index (Phi) is 3.31. The van der Waals surface area contributed by atoms with Gasteiger partial charge >= 0.3 is 11.7 Å². The van der Waals surface area contributed by atoms with Crippen molar-refractivity contribution in [3.63, 3.8) is 0 Å². The van der Waals surface area contributed by atoms with Gasteiger partial charge in [0, 0.05) is 11.6 Å². The van der Waals surface area contributed by atoms with Crippen LogP contribution in [0.1, 0.15) is 25.0 Å². The van der Waals surface area contributed by atoms with Gasteiger partial charge in [-0.2, -0.15) is 0 Å². The van der Waals surface area contributed by atoms with Crippen molar-refractivity contribution in [2.24, 2.45) is 0 Å². The summed E-state index contributed by atoms with van der Waals surface area (Å²) in [4.78, 5) is 36.7. The fourth-order valence-electron chi connectivity index (χ4n) is 1.19. The van der Waals surface area contributed by atoms with Crippen molar-refractivity contribution in [2.45, 2.75) is 19.3 Å². The first-order chi connectivity index (χ1) is 6.91. The number of aromatic nitrogens is 2. The molecule has 0 radical (unpaired) electrons. The van der Waals surface area contributed by atoms with Gasteiger partial charge < -0.3 is 10.1 Å². The van der Waals surface area contributed by atoms with E-state index in [9.17, 15) is 14.4 Å². The van der Waals surface area contributed by atoms with Crippen LogP contribution in [-0.4, -0.2) is 21.0 Å². The lowest BCUT2D eigenvalue weighted by Crippen LogP contribution is -2.26. The molecule has 0 fully saturated rings. The van der Waals surface area contributed by atoms with Gasteiger partial charge in [-0.3, -0.25) is 14.6 Å². The summed E-state index contributed by atoms with van der Waals surface area (Å²) in [5.41, 5.74) is -1.27. The first kappa shape index (κ1) is 11.5. The van der Waals surface area contributed by atoms with Gasteiger partial charge in [0.25, 0.3) is 5.56 Å². The lowest BCUT2D eigenvalue weighted by molar-refractivity contribution is -0.137. The normalized spacial score (nSPS) is 12.4. The highest BCUT2D eigenvalue weighted by atomic mass is 35.5. The van der Waals surface area contributed by atoms with Crippen LogP contribution in [0.5, 0.6) is 0 Å². The first-order valence-corrected chi connectivity index (χ1v) is 4.53. The number of carboxylic acids is 1. The predicted octanol–water partition coefficient (Wildman–Crippen LogP) is 0.295. The number of H-pyrrole nitrogens is 2. The minimum atomic E-state index is -1.03. The Morgan fingerprint density at radius 2 is 2.07 bits per heavy atom. The smallest absolute Gasteiger partial charge is 0.325 e. The topological polar surface area (TPSA) is 103 Å². The molecule has 0 saturated heterocycles. The van der Waals surface area contributed by atoms with E-state index in [2.05, 4.69) is 4.98 Å². The van der Waals surface area contributed by atoms with Crippen LogP contribution >= 0.6 is 11.6 Å². The molecule has 7 heteroatoms. The van der Waals surface area contributed by atoms with Gasteiger partial charge in [-0.05, 0) is 0 Å². The third-order valence-electron chi connectivity index (χ3n) is 1.88. The van der Waals surface area contributed by atoms with Gasteiger partial charge in [0.1, 0.15) is 5.02 Å². The average Bonchev–Trinajstić information content (AvgIpc) is 2.09. The molecule has 15 heavy (non-hydrogen) atoms. The maximum absolute atomic E-state index is 11.1. The zero-order valence-electron chi connectivity index (χ0n) is 7.83. The van der Waals surface area contributed by atoms with E-state index >= 15 is 0 Å². The summed E-state index contributed by atoms with van der Waals surface area (Å²) in [6, 6.07) is 0. The number of aliphatic carboxylic acids is 1. The van der Waals surface area contributed by atoms with Crippen LogP contribution in [-0.2, 0) is 4.79 Å². The molecule has 6 nitrogen and oxygen atoms in total. The summed E-state index contributed by atoms with van der Waals surface area (Å²) in [5.74, 6) is -1.55. The van der Waals surface area contributed by atoms with Crippen molar-refractivity contribution in [1.82, 2.24) is 9.97 Å². The number of rotatable bonds is 3. The number of carboxylic acid groups (broad SMARTS) is 1. The van der Waals surface area contributed by atoms with Crippen molar-refractivity contribution >= 4 is 17.6 Å². The summed E-state index contributed by atoms with van der Waals surface area (Å²) in [6.07, 6.45) is -0.209. The number of carbonyl (C=O) groups is 1. The van der Waals surface area contributed by atoms with Crippen molar-refractivity contribution in [1.29, 1.82) is 0 Å². The van der Waals surface area contributed by atoms with Crippen LogP contribution in [0.15, 0.2) is 9.59 Å². The molecule has 3 N–H and O–H groups in total. The maximum atomic E-state index is 11.1. The third-order valence-corrected chi connectivity index (χ3v) is 2.26. The van der Waals surface area contributed by atoms with E-state index in [1.165, 1.54) is 0 Å². The fourth-order valence-corrected chi connectivity index (χ4v) is 1.47. The number of hydrogen-bond acceptors (Lipinski definition) is 3. The molecule has 0 aliphatic heterocycles. The molecule has 1 aromatic rings. The molecule has 0 amide bonds. The molecule has 0 aliphatic rings. The SMILES string of the molecule is CC(CC(=O)O)c1[nH]c(=O)[nH]c(=O)c1Cl. The molecule has 1 heterocycles. The van der Waals surface area contributed by atoms with Crippen LogP contribution < -0.4 is 11.2 Å². The summed E-state index contributed by atoms with van der Waals surface area (Å²) in [5, 5.41) is 8.38. The Bertz CT molecular complexity index is 490. The molecular weight excluding hydrogens is 224 g/mol. The van der Waals surface area contributed by atoms with Gasteiger partial charge in [0.05, 0.1) is 6.42 Å². The average molecular weight is 233 g/mol. The molecule has 82 valence electrons.